The highest BCUT2D eigenvalue weighted by Crippen LogP contribution is 2.51. The van der Waals surface area contributed by atoms with Crippen molar-refractivity contribution < 1.29 is 19.1 Å². The molecule has 0 N–H and O–H groups in total. The smallest absolute Gasteiger partial charge is 0.180 e. The molecule has 0 unspecified atom stereocenters. The fourth-order valence-corrected chi connectivity index (χ4v) is 6.32. The van der Waals surface area contributed by atoms with Crippen molar-refractivity contribution in [2.45, 2.75) is 71.8 Å². The fourth-order valence-electron chi connectivity index (χ4n) is 6.05. The minimum absolute atomic E-state index is 0.128. The number of ketones is 2. The maximum absolute atomic E-state index is 13.4. The van der Waals surface area contributed by atoms with Crippen molar-refractivity contribution in [3.63, 3.8) is 0 Å². The standard InChI is InChI=1S/C31H34ClNO4/c1-4-33-23-11-7-13-25(34)29(23)28(30-24(33)12-8-14-26(30)35)21-16-22(32)31(27(17-21)36-5-2)37-18-20-10-6-9-19(3)15-20/h6,9-10,15-17,28H,4-5,7-8,11-14,18H2,1-3H3. The zero-order valence-electron chi connectivity index (χ0n) is 21.9. The van der Waals surface area contributed by atoms with Crippen molar-refractivity contribution in [1.29, 1.82) is 0 Å². The first-order chi connectivity index (χ1) is 17.9. The number of ether oxygens (including phenoxy) is 2. The van der Waals surface area contributed by atoms with Gasteiger partial charge < -0.3 is 14.4 Å². The highest BCUT2D eigenvalue weighted by Gasteiger charge is 2.43. The summed E-state index contributed by atoms with van der Waals surface area (Å²) >= 11 is 6.85. The highest BCUT2D eigenvalue weighted by molar-refractivity contribution is 6.32. The molecule has 0 saturated heterocycles. The normalized spacial score (nSPS) is 18.2. The van der Waals surface area contributed by atoms with Crippen LogP contribution < -0.4 is 9.47 Å². The Kier molecular flexibility index (Phi) is 7.43. The van der Waals surface area contributed by atoms with Gasteiger partial charge in [0.05, 0.1) is 11.6 Å². The summed E-state index contributed by atoms with van der Waals surface area (Å²) in [4.78, 5) is 29.0. The van der Waals surface area contributed by atoms with E-state index in [0.29, 0.717) is 42.6 Å². The van der Waals surface area contributed by atoms with Gasteiger partial charge in [0.1, 0.15) is 6.61 Å². The van der Waals surface area contributed by atoms with Crippen LogP contribution in [0.1, 0.15) is 75.0 Å². The third kappa shape index (κ3) is 4.82. The molecular weight excluding hydrogens is 486 g/mol. The number of carbonyl (C=O) groups is 2. The van der Waals surface area contributed by atoms with Crippen molar-refractivity contribution in [1.82, 2.24) is 4.90 Å². The lowest BCUT2D eigenvalue weighted by Gasteiger charge is -2.43. The summed E-state index contributed by atoms with van der Waals surface area (Å²) in [6.07, 6.45) is 4.39. The highest BCUT2D eigenvalue weighted by atomic mass is 35.5. The van der Waals surface area contributed by atoms with Crippen LogP contribution in [-0.2, 0) is 16.2 Å². The van der Waals surface area contributed by atoms with Crippen LogP contribution >= 0.6 is 11.6 Å². The van der Waals surface area contributed by atoms with Gasteiger partial charge in [-0.05, 0) is 69.7 Å². The molecule has 0 atom stereocenters. The van der Waals surface area contributed by atoms with Crippen molar-refractivity contribution in [3.05, 3.63) is 80.7 Å². The van der Waals surface area contributed by atoms with E-state index in [9.17, 15) is 9.59 Å². The minimum atomic E-state index is -0.420. The van der Waals surface area contributed by atoms with Crippen LogP contribution in [0.2, 0.25) is 5.02 Å². The zero-order chi connectivity index (χ0) is 26.1. The lowest BCUT2D eigenvalue weighted by molar-refractivity contribution is -0.117. The summed E-state index contributed by atoms with van der Waals surface area (Å²) in [5.41, 5.74) is 6.69. The number of aryl methyl sites for hydroxylation is 1. The third-order valence-corrected chi connectivity index (χ3v) is 7.81. The molecule has 2 aromatic carbocycles. The Hall–Kier alpha value is -3.05. The van der Waals surface area contributed by atoms with Crippen LogP contribution in [-0.4, -0.2) is 29.6 Å². The molecule has 0 fully saturated rings. The van der Waals surface area contributed by atoms with Crippen LogP contribution in [0.4, 0.5) is 0 Å². The van der Waals surface area contributed by atoms with E-state index in [0.717, 1.165) is 71.5 Å². The van der Waals surface area contributed by atoms with Crippen LogP contribution in [0, 0.1) is 6.92 Å². The van der Waals surface area contributed by atoms with Gasteiger partial charge in [-0.15, -0.1) is 0 Å². The first-order valence-corrected chi connectivity index (χ1v) is 13.7. The number of benzene rings is 2. The van der Waals surface area contributed by atoms with E-state index in [1.807, 2.05) is 44.2 Å². The second-order valence-electron chi connectivity index (χ2n) is 9.99. The number of rotatable bonds is 7. The largest absolute Gasteiger partial charge is 0.490 e. The molecule has 194 valence electrons. The van der Waals surface area contributed by atoms with Gasteiger partial charge in [-0.1, -0.05) is 41.4 Å². The molecule has 6 heteroatoms. The molecule has 5 nitrogen and oxygen atoms in total. The second-order valence-corrected chi connectivity index (χ2v) is 10.4. The molecule has 2 aliphatic carbocycles. The Morgan fingerprint density at radius 1 is 0.919 bits per heavy atom. The van der Waals surface area contributed by atoms with E-state index in [1.54, 1.807) is 0 Å². The molecule has 3 aliphatic rings. The number of carbonyl (C=O) groups excluding carboxylic acids is 2. The Labute approximate surface area is 224 Å². The number of Topliss-reactive ketones (excluding diaryl/α,β-unsaturated/α-hetero) is 2. The Morgan fingerprint density at radius 3 is 2.19 bits per heavy atom. The molecule has 2 aromatic rings. The maximum atomic E-state index is 13.4. The van der Waals surface area contributed by atoms with Crippen LogP contribution in [0.15, 0.2) is 58.9 Å². The fraction of sp³-hybridized carbons (Fsp3) is 0.419. The second kappa shape index (κ2) is 10.7. The molecule has 1 aliphatic heterocycles. The van der Waals surface area contributed by atoms with Gasteiger partial charge >= 0.3 is 0 Å². The van der Waals surface area contributed by atoms with Gasteiger partial charge in [-0.3, -0.25) is 9.59 Å². The minimum Gasteiger partial charge on any atom is -0.490 e. The SMILES string of the molecule is CCOc1cc(C2C3=C(CCCC3=O)N(CC)C3=C2C(=O)CCC3)cc(Cl)c1OCc1cccc(C)c1. The number of halogens is 1. The van der Waals surface area contributed by atoms with E-state index in [2.05, 4.69) is 17.9 Å². The molecule has 0 radical (unpaired) electrons. The van der Waals surface area contributed by atoms with Gasteiger partial charge in [-0.25, -0.2) is 0 Å². The molecule has 0 spiro atoms. The third-order valence-electron chi connectivity index (χ3n) is 7.53. The van der Waals surface area contributed by atoms with Crippen molar-refractivity contribution in [3.8, 4) is 11.5 Å². The summed E-state index contributed by atoms with van der Waals surface area (Å²) in [7, 11) is 0. The number of hydrogen-bond donors (Lipinski definition) is 0. The van der Waals surface area contributed by atoms with Gasteiger partial charge in [0.2, 0.25) is 0 Å². The number of nitrogens with zero attached hydrogens (tertiary/aromatic N) is 1. The van der Waals surface area contributed by atoms with E-state index in [4.69, 9.17) is 21.1 Å². The first-order valence-electron chi connectivity index (χ1n) is 13.4. The van der Waals surface area contributed by atoms with Crippen molar-refractivity contribution in [2.75, 3.05) is 13.2 Å². The summed E-state index contributed by atoms with van der Waals surface area (Å²) in [5.74, 6) is 0.849. The first kappa shape index (κ1) is 25.6. The Bertz CT molecular complexity index is 1260. The van der Waals surface area contributed by atoms with E-state index in [-0.39, 0.29) is 11.6 Å². The van der Waals surface area contributed by atoms with E-state index < -0.39 is 5.92 Å². The summed E-state index contributed by atoms with van der Waals surface area (Å²) in [5, 5.41) is 0.419. The van der Waals surface area contributed by atoms with Crippen LogP contribution in [0.3, 0.4) is 0 Å². The van der Waals surface area contributed by atoms with E-state index in [1.165, 1.54) is 0 Å². The Balaban J connectivity index is 1.61. The predicted molar refractivity (Wildman–Crippen MR) is 145 cm³/mol. The lowest BCUT2D eigenvalue weighted by atomic mass is 9.71. The quantitative estimate of drug-likeness (QED) is 0.392. The predicted octanol–water partition coefficient (Wildman–Crippen LogP) is 7.06. The monoisotopic (exact) mass is 519 g/mol. The van der Waals surface area contributed by atoms with E-state index >= 15 is 0 Å². The van der Waals surface area contributed by atoms with Gasteiger partial charge in [0.15, 0.2) is 23.1 Å². The van der Waals surface area contributed by atoms with Crippen LogP contribution in [0.5, 0.6) is 11.5 Å². The number of allylic oxidation sites excluding steroid dienone is 4. The average molecular weight is 520 g/mol. The lowest BCUT2D eigenvalue weighted by Crippen LogP contribution is -2.39. The van der Waals surface area contributed by atoms with Crippen LogP contribution in [0.25, 0.3) is 0 Å². The molecule has 0 bridgehead atoms. The summed E-state index contributed by atoms with van der Waals surface area (Å²) in [6.45, 7) is 7.61. The number of hydrogen-bond acceptors (Lipinski definition) is 5. The zero-order valence-corrected chi connectivity index (χ0v) is 22.6. The van der Waals surface area contributed by atoms with Crippen molar-refractivity contribution >= 4 is 23.2 Å². The summed E-state index contributed by atoms with van der Waals surface area (Å²) in [6, 6.07) is 11.9. The molecule has 37 heavy (non-hydrogen) atoms. The van der Waals surface area contributed by atoms with Gasteiger partial charge in [-0.2, -0.15) is 0 Å². The van der Waals surface area contributed by atoms with Crippen molar-refractivity contribution in [2.24, 2.45) is 0 Å². The molecule has 0 amide bonds. The molecule has 0 aromatic heterocycles. The molecule has 1 heterocycles. The maximum Gasteiger partial charge on any atom is 0.180 e. The molecular formula is C31H34ClNO4. The molecule has 0 saturated carbocycles. The Morgan fingerprint density at radius 2 is 1.59 bits per heavy atom. The topological polar surface area (TPSA) is 55.8 Å². The summed E-state index contributed by atoms with van der Waals surface area (Å²) < 4.78 is 12.2. The average Bonchev–Trinajstić information content (AvgIpc) is 2.87. The van der Waals surface area contributed by atoms with Gasteiger partial charge in [0, 0.05) is 47.8 Å². The van der Waals surface area contributed by atoms with Gasteiger partial charge in [0.25, 0.3) is 0 Å². The molecule has 5 rings (SSSR count).